The van der Waals surface area contributed by atoms with E-state index in [4.69, 9.17) is 0 Å². The standard InChI is InChI=1S/C30H22F3NO2S/c31-30(32,33)27-16-8-15-26-28(24(19-34-29(26)27)17-21-9-3-1-4-10-21)23-13-7-14-25(18-23)37(35,36)20-22-11-5-2-6-12-22/h1-16,18-19H,17,20H2. The van der Waals surface area contributed by atoms with Gasteiger partial charge < -0.3 is 0 Å². The summed E-state index contributed by atoms with van der Waals surface area (Å²) in [5, 5.41) is 0.320. The third-order valence-corrected chi connectivity index (χ3v) is 7.89. The Balaban J connectivity index is 1.69. The van der Waals surface area contributed by atoms with Gasteiger partial charge in [0.2, 0.25) is 0 Å². The molecule has 0 saturated carbocycles. The van der Waals surface area contributed by atoms with Crippen molar-refractivity contribution in [3.8, 4) is 11.1 Å². The van der Waals surface area contributed by atoms with Crippen LogP contribution in [0.5, 0.6) is 0 Å². The smallest absolute Gasteiger partial charge is 0.255 e. The second-order valence-electron chi connectivity index (χ2n) is 8.79. The first-order valence-electron chi connectivity index (χ1n) is 11.6. The van der Waals surface area contributed by atoms with E-state index in [0.29, 0.717) is 34.1 Å². The molecule has 0 N–H and O–H groups in total. The van der Waals surface area contributed by atoms with Crippen molar-refractivity contribution in [1.29, 1.82) is 0 Å². The molecule has 0 amide bonds. The maximum atomic E-state index is 13.8. The molecule has 186 valence electrons. The van der Waals surface area contributed by atoms with Crippen molar-refractivity contribution < 1.29 is 21.6 Å². The number of alkyl halides is 3. The molecule has 0 saturated heterocycles. The molecule has 4 aromatic carbocycles. The van der Waals surface area contributed by atoms with Crippen LogP contribution in [0.15, 0.2) is 114 Å². The molecular formula is C30H22F3NO2S. The fourth-order valence-corrected chi connectivity index (χ4v) is 5.90. The van der Waals surface area contributed by atoms with Gasteiger partial charge in [-0.2, -0.15) is 13.2 Å². The van der Waals surface area contributed by atoms with Crippen LogP contribution < -0.4 is 0 Å². The molecule has 0 bridgehead atoms. The molecule has 0 fully saturated rings. The van der Waals surface area contributed by atoms with Crippen LogP contribution in [-0.2, 0) is 28.2 Å². The van der Waals surface area contributed by atoms with Crippen molar-refractivity contribution in [2.45, 2.75) is 23.2 Å². The Bertz CT molecular complexity index is 1670. The summed E-state index contributed by atoms with van der Waals surface area (Å²) < 4.78 is 67.9. The minimum atomic E-state index is -4.58. The second-order valence-corrected chi connectivity index (χ2v) is 10.8. The lowest BCUT2D eigenvalue weighted by Gasteiger charge is -2.17. The Morgan fingerprint density at radius 3 is 2.05 bits per heavy atom. The highest BCUT2D eigenvalue weighted by Gasteiger charge is 2.33. The summed E-state index contributed by atoms with van der Waals surface area (Å²) in [6.07, 6.45) is -2.69. The van der Waals surface area contributed by atoms with Crippen LogP contribution in [-0.4, -0.2) is 13.4 Å². The number of sulfone groups is 1. The van der Waals surface area contributed by atoms with Gasteiger partial charge in [0.1, 0.15) is 0 Å². The fraction of sp³-hybridized carbons (Fsp3) is 0.100. The van der Waals surface area contributed by atoms with E-state index in [0.717, 1.165) is 11.6 Å². The number of rotatable bonds is 6. The van der Waals surface area contributed by atoms with Crippen LogP contribution in [0.1, 0.15) is 22.3 Å². The Kier molecular flexibility index (Phi) is 6.56. The van der Waals surface area contributed by atoms with E-state index in [2.05, 4.69) is 4.98 Å². The van der Waals surface area contributed by atoms with E-state index < -0.39 is 21.6 Å². The van der Waals surface area contributed by atoms with Gasteiger partial charge in [0, 0.05) is 11.6 Å². The van der Waals surface area contributed by atoms with Crippen molar-refractivity contribution in [3.63, 3.8) is 0 Å². The van der Waals surface area contributed by atoms with Crippen molar-refractivity contribution in [1.82, 2.24) is 4.98 Å². The minimum absolute atomic E-state index is 0.108. The second kappa shape index (κ2) is 9.82. The minimum Gasteiger partial charge on any atom is -0.255 e. The van der Waals surface area contributed by atoms with Crippen LogP contribution in [0.4, 0.5) is 13.2 Å². The number of fused-ring (bicyclic) bond motifs is 1. The van der Waals surface area contributed by atoms with Gasteiger partial charge in [-0.3, -0.25) is 4.98 Å². The van der Waals surface area contributed by atoms with E-state index in [1.807, 2.05) is 36.4 Å². The molecule has 0 atom stereocenters. The van der Waals surface area contributed by atoms with Gasteiger partial charge in [-0.25, -0.2) is 8.42 Å². The molecule has 0 radical (unpaired) electrons. The highest BCUT2D eigenvalue weighted by molar-refractivity contribution is 7.90. The molecule has 0 spiro atoms. The van der Waals surface area contributed by atoms with Crippen LogP contribution in [0.25, 0.3) is 22.0 Å². The topological polar surface area (TPSA) is 47.0 Å². The SMILES string of the molecule is O=S(=O)(Cc1ccccc1)c1cccc(-c2c(Cc3ccccc3)cnc3c(C(F)(F)F)cccc23)c1. The first-order valence-corrected chi connectivity index (χ1v) is 13.3. The molecule has 0 aliphatic carbocycles. The summed E-state index contributed by atoms with van der Waals surface area (Å²) in [6.45, 7) is 0. The molecule has 3 nitrogen and oxygen atoms in total. The van der Waals surface area contributed by atoms with E-state index in [-0.39, 0.29) is 16.2 Å². The van der Waals surface area contributed by atoms with E-state index in [1.54, 1.807) is 48.5 Å². The Morgan fingerprint density at radius 2 is 1.38 bits per heavy atom. The number of nitrogens with zero attached hydrogens (tertiary/aromatic N) is 1. The maximum absolute atomic E-state index is 13.8. The third-order valence-electron chi connectivity index (χ3n) is 6.20. The van der Waals surface area contributed by atoms with E-state index >= 15 is 0 Å². The number of hydrogen-bond acceptors (Lipinski definition) is 3. The normalized spacial score (nSPS) is 12.1. The number of aromatic nitrogens is 1. The Hall–Kier alpha value is -3.97. The van der Waals surface area contributed by atoms with Crippen LogP contribution in [0, 0.1) is 0 Å². The highest BCUT2D eigenvalue weighted by Crippen LogP contribution is 2.39. The van der Waals surface area contributed by atoms with Gasteiger partial charge in [-0.05, 0) is 52.4 Å². The van der Waals surface area contributed by atoms with Gasteiger partial charge in [0.15, 0.2) is 9.84 Å². The molecular weight excluding hydrogens is 495 g/mol. The molecule has 5 rings (SSSR count). The first-order chi connectivity index (χ1) is 17.7. The average molecular weight is 518 g/mol. The van der Waals surface area contributed by atoms with Crippen molar-refractivity contribution in [3.05, 3.63) is 132 Å². The Morgan fingerprint density at radius 1 is 0.730 bits per heavy atom. The molecule has 1 heterocycles. The predicted molar refractivity (Wildman–Crippen MR) is 139 cm³/mol. The summed E-state index contributed by atoms with van der Waals surface area (Å²) in [5.41, 5.74) is 2.38. The highest BCUT2D eigenvalue weighted by atomic mass is 32.2. The molecule has 1 aromatic heterocycles. The van der Waals surface area contributed by atoms with Gasteiger partial charge in [0.25, 0.3) is 0 Å². The summed E-state index contributed by atoms with van der Waals surface area (Å²) in [7, 11) is -3.70. The third kappa shape index (κ3) is 5.27. The lowest BCUT2D eigenvalue weighted by molar-refractivity contribution is -0.136. The quantitative estimate of drug-likeness (QED) is 0.235. The number of para-hydroxylation sites is 1. The predicted octanol–water partition coefficient (Wildman–Crippen LogP) is 7.49. The Labute approximate surface area is 213 Å². The van der Waals surface area contributed by atoms with Gasteiger partial charge in [-0.15, -0.1) is 0 Å². The van der Waals surface area contributed by atoms with Crippen LogP contribution in [0.2, 0.25) is 0 Å². The lowest BCUT2D eigenvalue weighted by atomic mass is 9.92. The summed E-state index contributed by atoms with van der Waals surface area (Å²) in [5.74, 6) is -0.177. The summed E-state index contributed by atoms with van der Waals surface area (Å²) in [6, 6.07) is 28.8. The van der Waals surface area contributed by atoms with E-state index in [1.165, 1.54) is 18.3 Å². The molecule has 37 heavy (non-hydrogen) atoms. The molecule has 5 aromatic rings. The maximum Gasteiger partial charge on any atom is 0.418 e. The molecule has 0 aliphatic rings. The monoisotopic (exact) mass is 517 g/mol. The number of benzene rings is 4. The first kappa shape index (κ1) is 24.7. The van der Waals surface area contributed by atoms with E-state index in [9.17, 15) is 21.6 Å². The average Bonchev–Trinajstić information content (AvgIpc) is 2.88. The fourth-order valence-electron chi connectivity index (χ4n) is 4.51. The summed E-state index contributed by atoms with van der Waals surface area (Å²) >= 11 is 0. The largest absolute Gasteiger partial charge is 0.418 e. The van der Waals surface area contributed by atoms with Gasteiger partial charge in [-0.1, -0.05) is 84.9 Å². The van der Waals surface area contributed by atoms with Gasteiger partial charge >= 0.3 is 6.18 Å². The molecule has 0 unspecified atom stereocenters. The molecule has 7 heteroatoms. The van der Waals surface area contributed by atoms with Crippen molar-refractivity contribution >= 4 is 20.7 Å². The zero-order chi connectivity index (χ0) is 26.0. The van der Waals surface area contributed by atoms with Gasteiger partial charge in [0.05, 0.1) is 21.7 Å². The molecule has 0 aliphatic heterocycles. The van der Waals surface area contributed by atoms with Crippen LogP contribution in [0.3, 0.4) is 0 Å². The number of halogens is 3. The summed E-state index contributed by atoms with van der Waals surface area (Å²) in [4.78, 5) is 4.33. The zero-order valence-corrected chi connectivity index (χ0v) is 20.4. The number of pyridine rings is 1. The van der Waals surface area contributed by atoms with Crippen molar-refractivity contribution in [2.75, 3.05) is 0 Å². The lowest BCUT2D eigenvalue weighted by Crippen LogP contribution is -2.08. The number of hydrogen-bond donors (Lipinski definition) is 0. The van der Waals surface area contributed by atoms with Crippen molar-refractivity contribution in [2.24, 2.45) is 0 Å². The zero-order valence-electron chi connectivity index (χ0n) is 19.6. The van der Waals surface area contributed by atoms with Crippen LogP contribution >= 0.6 is 0 Å².